The Morgan fingerprint density at radius 2 is 1.58 bits per heavy atom. The van der Waals surface area contributed by atoms with Crippen LogP contribution >= 0.6 is 0 Å². The van der Waals surface area contributed by atoms with Crippen molar-refractivity contribution in [3.8, 4) is 5.75 Å². The minimum Gasteiger partial charge on any atom is -0.428 e. The minimum atomic E-state index is -5.84. The number of hydrogen-bond donors (Lipinski definition) is 2. The molecular formula is C13H12F6N2O3. The Morgan fingerprint density at radius 1 is 1.04 bits per heavy atom. The molecule has 0 radical (unpaired) electrons. The Kier molecular flexibility index (Phi) is 5.69. The fraction of sp³-hybridized carbons (Fsp3) is 0.385. The van der Waals surface area contributed by atoms with E-state index in [4.69, 9.17) is 0 Å². The molecule has 2 N–H and O–H groups in total. The van der Waals surface area contributed by atoms with Crippen molar-refractivity contribution in [2.45, 2.75) is 32.3 Å². The number of rotatable bonds is 5. The summed E-state index contributed by atoms with van der Waals surface area (Å²) in [5.74, 6) is -2.18. The van der Waals surface area contributed by atoms with Crippen molar-refractivity contribution in [2.75, 3.05) is 10.6 Å². The first-order chi connectivity index (χ1) is 10.8. The van der Waals surface area contributed by atoms with Crippen LogP contribution in [0, 0.1) is 0 Å². The third-order valence-corrected chi connectivity index (χ3v) is 2.44. The number of halogens is 6. The van der Waals surface area contributed by atoms with Gasteiger partial charge in [-0.1, -0.05) is 0 Å². The molecule has 5 nitrogen and oxygen atoms in total. The Hall–Kier alpha value is -2.46. The third kappa shape index (κ3) is 5.32. The highest BCUT2D eigenvalue weighted by molar-refractivity contribution is 5.93. The predicted molar refractivity (Wildman–Crippen MR) is 71.6 cm³/mol. The molecule has 1 rings (SSSR count). The Morgan fingerprint density at radius 3 is 2.04 bits per heavy atom. The van der Waals surface area contributed by atoms with Gasteiger partial charge in [0.05, 0.1) is 5.69 Å². The van der Waals surface area contributed by atoms with Crippen molar-refractivity contribution in [2.24, 2.45) is 0 Å². The summed E-state index contributed by atoms with van der Waals surface area (Å²) in [6.07, 6.45) is -15.6. The van der Waals surface area contributed by atoms with Crippen LogP contribution in [0.3, 0.4) is 0 Å². The van der Waals surface area contributed by atoms with Crippen LogP contribution < -0.4 is 15.4 Å². The van der Waals surface area contributed by atoms with E-state index in [1.807, 2.05) is 5.32 Å². The molecule has 0 spiro atoms. The van der Waals surface area contributed by atoms with Gasteiger partial charge in [-0.25, -0.2) is 4.39 Å². The molecule has 24 heavy (non-hydrogen) atoms. The van der Waals surface area contributed by atoms with Crippen molar-refractivity contribution in [1.29, 1.82) is 0 Å². The molecule has 0 aliphatic carbocycles. The summed E-state index contributed by atoms with van der Waals surface area (Å²) in [6.45, 7) is 2.15. The molecule has 0 saturated carbocycles. The Bertz CT molecular complexity index is 633. The average Bonchev–Trinajstić information content (AvgIpc) is 2.38. The van der Waals surface area contributed by atoms with E-state index in [-0.39, 0.29) is 5.69 Å². The molecule has 11 heteroatoms. The zero-order valence-corrected chi connectivity index (χ0v) is 12.3. The second-order valence-corrected chi connectivity index (χ2v) is 4.64. The fourth-order valence-corrected chi connectivity index (χ4v) is 1.58. The van der Waals surface area contributed by atoms with Gasteiger partial charge in [0.2, 0.25) is 11.8 Å². The van der Waals surface area contributed by atoms with Gasteiger partial charge in [0.15, 0.2) is 0 Å². The van der Waals surface area contributed by atoms with Gasteiger partial charge in [0.1, 0.15) is 5.75 Å². The Labute approximate surface area is 132 Å². The second kappa shape index (κ2) is 6.97. The number of hydrogen-bond acceptors (Lipinski definition) is 3. The van der Waals surface area contributed by atoms with Gasteiger partial charge >= 0.3 is 12.3 Å². The molecule has 0 heterocycles. The summed E-state index contributed by atoms with van der Waals surface area (Å²) in [5.41, 5.74) is -0.419. The van der Waals surface area contributed by atoms with Crippen LogP contribution in [-0.2, 0) is 9.59 Å². The van der Waals surface area contributed by atoms with E-state index < -0.39 is 41.7 Å². The molecule has 0 saturated heterocycles. The predicted octanol–water partition coefficient (Wildman–Crippen LogP) is 3.48. The molecule has 1 atom stereocenters. The first-order valence-corrected chi connectivity index (χ1v) is 6.30. The largest absolute Gasteiger partial charge is 0.439 e. The van der Waals surface area contributed by atoms with Crippen LogP contribution in [0.1, 0.15) is 13.8 Å². The molecule has 1 aromatic carbocycles. The first-order valence-electron chi connectivity index (χ1n) is 6.30. The highest BCUT2D eigenvalue weighted by Crippen LogP contribution is 2.39. The topological polar surface area (TPSA) is 67.4 Å². The van der Waals surface area contributed by atoms with Gasteiger partial charge in [-0.2, -0.15) is 22.0 Å². The summed E-state index contributed by atoms with van der Waals surface area (Å²) in [4.78, 5) is 22.0. The van der Waals surface area contributed by atoms with Gasteiger partial charge in [-0.15, -0.1) is 0 Å². The van der Waals surface area contributed by atoms with Crippen LogP contribution in [0.4, 0.5) is 37.7 Å². The summed E-state index contributed by atoms with van der Waals surface area (Å²) in [5, 5.41) is 4.30. The lowest BCUT2D eigenvalue weighted by Crippen LogP contribution is -2.45. The zero-order chi connectivity index (χ0) is 18.7. The molecule has 0 fully saturated rings. The van der Waals surface area contributed by atoms with Crippen LogP contribution in [-0.4, -0.2) is 30.3 Å². The maximum absolute atomic E-state index is 13.3. The highest BCUT2D eigenvalue weighted by atomic mass is 19.4. The van der Waals surface area contributed by atoms with Crippen molar-refractivity contribution in [3.05, 3.63) is 18.2 Å². The average molecular weight is 358 g/mol. The van der Waals surface area contributed by atoms with Crippen molar-refractivity contribution >= 4 is 23.2 Å². The highest BCUT2D eigenvalue weighted by Gasteiger charge is 2.59. The number of ether oxygens (including phenoxy) is 1. The maximum Gasteiger partial charge on any atom is 0.439 e. The lowest BCUT2D eigenvalue weighted by Gasteiger charge is -2.24. The smallest absolute Gasteiger partial charge is 0.428 e. The maximum atomic E-state index is 13.3. The molecular weight excluding hydrogens is 346 g/mol. The summed E-state index contributed by atoms with van der Waals surface area (Å²) in [6, 6.07) is 2.75. The van der Waals surface area contributed by atoms with Gasteiger partial charge in [0.25, 0.3) is 6.17 Å². The standard InChI is InChI=1S/C13H12F6N2O3/c1-6(22)20-8-3-4-10(9(5-8)21-7(2)23)24-13(18,19)11(14)12(15,16)17/h3-5,11H,1-2H3,(H,20,22)(H,21,23)/t11-/m0/s1. The first kappa shape index (κ1) is 19.6. The SMILES string of the molecule is CC(=O)Nc1ccc(OC(F)(F)[C@@H](F)C(F)(F)F)c(NC(C)=O)c1. The van der Waals surface area contributed by atoms with E-state index in [0.717, 1.165) is 32.0 Å². The number of nitrogens with one attached hydrogen (secondary N) is 2. The van der Waals surface area contributed by atoms with Gasteiger partial charge < -0.3 is 15.4 Å². The summed E-state index contributed by atoms with van der Waals surface area (Å²) < 4.78 is 79.7. The van der Waals surface area contributed by atoms with E-state index in [0.29, 0.717) is 0 Å². The van der Waals surface area contributed by atoms with Crippen molar-refractivity contribution in [3.63, 3.8) is 0 Å². The number of anilines is 2. The third-order valence-electron chi connectivity index (χ3n) is 2.44. The number of benzene rings is 1. The van der Waals surface area contributed by atoms with E-state index in [1.165, 1.54) is 0 Å². The quantitative estimate of drug-likeness (QED) is 0.792. The van der Waals surface area contributed by atoms with Gasteiger partial charge in [0, 0.05) is 19.5 Å². The monoisotopic (exact) mass is 358 g/mol. The van der Waals surface area contributed by atoms with E-state index in [1.54, 1.807) is 0 Å². The molecule has 0 aliphatic heterocycles. The fourth-order valence-electron chi connectivity index (χ4n) is 1.58. The van der Waals surface area contributed by atoms with E-state index in [9.17, 15) is 35.9 Å². The number of alkyl halides is 6. The zero-order valence-electron chi connectivity index (χ0n) is 12.3. The van der Waals surface area contributed by atoms with Crippen LogP contribution in [0.25, 0.3) is 0 Å². The van der Waals surface area contributed by atoms with Crippen LogP contribution in [0.2, 0.25) is 0 Å². The lowest BCUT2D eigenvalue weighted by atomic mass is 10.2. The number of carbonyl (C=O) groups is 2. The van der Waals surface area contributed by atoms with Gasteiger partial charge in [-0.05, 0) is 18.2 Å². The van der Waals surface area contributed by atoms with Crippen molar-refractivity contribution in [1.82, 2.24) is 0 Å². The number of carbonyl (C=O) groups excluding carboxylic acids is 2. The molecule has 0 bridgehead atoms. The molecule has 134 valence electrons. The van der Waals surface area contributed by atoms with E-state index >= 15 is 0 Å². The van der Waals surface area contributed by atoms with Crippen molar-refractivity contribution < 1.29 is 40.7 Å². The summed E-state index contributed by atoms with van der Waals surface area (Å²) >= 11 is 0. The molecule has 0 aromatic heterocycles. The van der Waals surface area contributed by atoms with E-state index in [2.05, 4.69) is 10.1 Å². The lowest BCUT2D eigenvalue weighted by molar-refractivity contribution is -0.304. The summed E-state index contributed by atoms with van der Waals surface area (Å²) in [7, 11) is 0. The Balaban J connectivity index is 3.17. The molecule has 0 aliphatic rings. The molecule has 1 aromatic rings. The van der Waals surface area contributed by atoms with Crippen LogP contribution in [0.5, 0.6) is 5.75 Å². The van der Waals surface area contributed by atoms with Crippen LogP contribution in [0.15, 0.2) is 18.2 Å². The minimum absolute atomic E-state index is 0.0505. The van der Waals surface area contributed by atoms with Gasteiger partial charge in [-0.3, -0.25) is 9.59 Å². The molecule has 2 amide bonds. The molecule has 0 unspecified atom stereocenters. The number of amides is 2. The second-order valence-electron chi connectivity index (χ2n) is 4.64. The normalized spacial score (nSPS) is 13.2.